The molecule has 10 heteroatoms. The van der Waals surface area contributed by atoms with E-state index in [-0.39, 0.29) is 28.3 Å². The quantitative estimate of drug-likeness (QED) is 0.520. The molecule has 3 aliphatic carbocycles. The van der Waals surface area contributed by atoms with Crippen LogP contribution in [0, 0.1) is 31.6 Å². The molecule has 8 nitrogen and oxygen atoms in total. The third-order valence-corrected chi connectivity index (χ3v) is 10.6. The monoisotopic (exact) mass is 497 g/mol. The molecule has 0 aromatic carbocycles. The van der Waals surface area contributed by atoms with Crippen LogP contribution in [0.25, 0.3) is 0 Å². The molecule has 1 atom stereocenters. The molecule has 1 aromatic rings. The number of aryl methyl sites for hydroxylation is 2. The van der Waals surface area contributed by atoms with Gasteiger partial charge in [-0.2, -0.15) is 0 Å². The number of amides is 1. The molecule has 1 heterocycles. The van der Waals surface area contributed by atoms with Gasteiger partial charge in [0.05, 0.1) is 28.0 Å². The van der Waals surface area contributed by atoms with Gasteiger partial charge in [0, 0.05) is 12.3 Å². The van der Waals surface area contributed by atoms with Gasteiger partial charge in [-0.15, -0.1) is 0 Å². The molecule has 0 saturated heterocycles. The summed E-state index contributed by atoms with van der Waals surface area (Å²) in [6, 6.07) is -0.0227. The summed E-state index contributed by atoms with van der Waals surface area (Å²) in [6.07, 6.45) is 9.30. The Hall–Kier alpha value is -1.55. The summed E-state index contributed by atoms with van der Waals surface area (Å²) in [5, 5.41) is 2.68. The molecule has 4 rings (SSSR count). The zero-order chi connectivity index (χ0) is 24.0. The van der Waals surface area contributed by atoms with Gasteiger partial charge in [0.15, 0.2) is 9.84 Å². The molecule has 1 amide bonds. The molecule has 0 bridgehead atoms. The lowest BCUT2D eigenvalue weighted by atomic mass is 9.81. The number of hydrogen-bond donors (Lipinski definition) is 1. The third-order valence-electron chi connectivity index (χ3n) is 7.37. The zero-order valence-corrected chi connectivity index (χ0v) is 21.3. The average molecular weight is 498 g/mol. The highest BCUT2D eigenvalue weighted by Crippen LogP contribution is 2.40. The highest BCUT2D eigenvalue weighted by molar-refractivity contribution is 7.92. The molecule has 3 fully saturated rings. The normalized spacial score (nSPS) is 24.9. The van der Waals surface area contributed by atoms with Gasteiger partial charge in [-0.25, -0.2) is 26.8 Å². The third kappa shape index (κ3) is 6.12. The minimum absolute atomic E-state index is 0.0227. The van der Waals surface area contributed by atoms with Crippen LogP contribution in [-0.2, 0) is 19.7 Å². The maximum Gasteiger partial charge on any atom is 0.255 e. The van der Waals surface area contributed by atoms with Gasteiger partial charge in [-0.3, -0.25) is 4.79 Å². The van der Waals surface area contributed by atoms with Gasteiger partial charge >= 0.3 is 0 Å². The summed E-state index contributed by atoms with van der Waals surface area (Å²) in [7, 11) is -6.59. The van der Waals surface area contributed by atoms with Crippen LogP contribution < -0.4 is 5.32 Å². The Morgan fingerprint density at radius 2 is 1.45 bits per heavy atom. The Bertz CT molecular complexity index is 1090. The summed E-state index contributed by atoms with van der Waals surface area (Å²) in [6.45, 7) is 3.26. The number of nitrogens with zero attached hydrogens (tertiary/aromatic N) is 2. The van der Waals surface area contributed by atoms with E-state index in [1.807, 2.05) is 0 Å². The van der Waals surface area contributed by atoms with Crippen LogP contribution in [0.1, 0.15) is 79.5 Å². The highest BCUT2D eigenvalue weighted by Gasteiger charge is 2.39. The van der Waals surface area contributed by atoms with Crippen molar-refractivity contribution >= 4 is 25.6 Å². The van der Waals surface area contributed by atoms with E-state index in [4.69, 9.17) is 0 Å². The fourth-order valence-corrected chi connectivity index (χ4v) is 7.96. The van der Waals surface area contributed by atoms with E-state index in [2.05, 4.69) is 15.3 Å². The molecule has 0 radical (unpaired) electrons. The van der Waals surface area contributed by atoms with Crippen molar-refractivity contribution in [3.63, 3.8) is 0 Å². The van der Waals surface area contributed by atoms with Crippen LogP contribution in [0.15, 0.2) is 5.16 Å². The highest BCUT2D eigenvalue weighted by atomic mass is 32.2. The van der Waals surface area contributed by atoms with E-state index in [0.29, 0.717) is 47.4 Å². The number of hydrogen-bond acceptors (Lipinski definition) is 7. The predicted octanol–water partition coefficient (Wildman–Crippen LogP) is 2.78. The minimum atomic E-state index is -3.56. The number of nitrogens with one attached hydrogen (secondary N) is 1. The van der Waals surface area contributed by atoms with Crippen molar-refractivity contribution in [2.24, 2.45) is 17.8 Å². The second-order valence-electron chi connectivity index (χ2n) is 10.4. The van der Waals surface area contributed by atoms with Crippen LogP contribution in [0.2, 0.25) is 0 Å². The number of sulfone groups is 2. The molecule has 0 spiro atoms. The summed E-state index contributed by atoms with van der Waals surface area (Å²) >= 11 is 0. The molecular weight excluding hydrogens is 462 g/mol. The molecule has 33 heavy (non-hydrogen) atoms. The lowest BCUT2D eigenvalue weighted by Gasteiger charge is -2.34. The van der Waals surface area contributed by atoms with E-state index < -0.39 is 19.7 Å². The molecule has 1 N–H and O–H groups in total. The van der Waals surface area contributed by atoms with Crippen LogP contribution >= 0.6 is 0 Å². The van der Waals surface area contributed by atoms with Crippen molar-refractivity contribution in [2.75, 3.05) is 12.0 Å². The number of aromatic nitrogens is 2. The van der Waals surface area contributed by atoms with Gasteiger partial charge < -0.3 is 5.32 Å². The number of rotatable bonds is 9. The second-order valence-corrected chi connectivity index (χ2v) is 14.6. The minimum Gasteiger partial charge on any atom is -0.349 e. The van der Waals surface area contributed by atoms with Gasteiger partial charge in [-0.05, 0) is 76.5 Å². The molecule has 3 aliphatic rings. The maximum atomic E-state index is 13.2. The van der Waals surface area contributed by atoms with Crippen molar-refractivity contribution in [1.29, 1.82) is 0 Å². The van der Waals surface area contributed by atoms with Crippen LogP contribution in [-0.4, -0.2) is 56.0 Å². The first-order chi connectivity index (χ1) is 15.4. The van der Waals surface area contributed by atoms with Gasteiger partial charge in [0.25, 0.3) is 5.91 Å². The Morgan fingerprint density at radius 1 is 0.909 bits per heavy atom. The number of carbonyl (C=O) groups is 1. The molecule has 3 saturated carbocycles. The summed E-state index contributed by atoms with van der Waals surface area (Å²) in [4.78, 5) is 21.3. The molecule has 1 unspecified atom stereocenters. The summed E-state index contributed by atoms with van der Waals surface area (Å²) in [5.41, 5.74) is 1.02. The lowest BCUT2D eigenvalue weighted by Crippen LogP contribution is -2.44. The van der Waals surface area contributed by atoms with Crippen LogP contribution in [0.4, 0.5) is 0 Å². The second kappa shape index (κ2) is 9.24. The lowest BCUT2D eigenvalue weighted by molar-refractivity contribution is 0.0904. The Labute approximate surface area is 197 Å². The smallest absolute Gasteiger partial charge is 0.255 e. The number of carbonyl (C=O) groups excluding carboxylic acids is 1. The standard InChI is InChI=1S/C23H35N3O5S2/c1-14-21(15(2)25-23(24-14)32(3,28)29)22(27)26-20(12-16-4-5-16)18-8-10-19(11-9-18)33(30,31)13-17-6-7-17/h16-20H,4-13H2,1-3H3,(H,26,27). The van der Waals surface area contributed by atoms with Crippen molar-refractivity contribution in [3.8, 4) is 0 Å². The molecular formula is C23H35N3O5S2. The van der Waals surface area contributed by atoms with Gasteiger partial charge in [-0.1, -0.05) is 12.8 Å². The first-order valence-electron chi connectivity index (χ1n) is 12.0. The zero-order valence-electron chi connectivity index (χ0n) is 19.7. The summed E-state index contributed by atoms with van der Waals surface area (Å²) < 4.78 is 49.1. The first-order valence-corrected chi connectivity index (χ1v) is 15.6. The van der Waals surface area contributed by atoms with E-state index in [1.165, 1.54) is 12.8 Å². The van der Waals surface area contributed by atoms with Crippen LogP contribution in [0.3, 0.4) is 0 Å². The fraction of sp³-hybridized carbons (Fsp3) is 0.783. The predicted molar refractivity (Wildman–Crippen MR) is 125 cm³/mol. The Morgan fingerprint density at radius 3 is 1.94 bits per heavy atom. The largest absolute Gasteiger partial charge is 0.349 e. The van der Waals surface area contributed by atoms with Crippen molar-refractivity contribution in [3.05, 3.63) is 17.0 Å². The topological polar surface area (TPSA) is 123 Å². The van der Waals surface area contributed by atoms with Crippen molar-refractivity contribution in [1.82, 2.24) is 15.3 Å². The molecule has 0 aliphatic heterocycles. The van der Waals surface area contributed by atoms with E-state index in [0.717, 1.165) is 38.4 Å². The fourth-order valence-electron chi connectivity index (χ4n) is 5.10. The molecule has 1 aromatic heterocycles. The van der Waals surface area contributed by atoms with Gasteiger partial charge in [0.1, 0.15) is 0 Å². The van der Waals surface area contributed by atoms with E-state index in [9.17, 15) is 21.6 Å². The SMILES string of the molecule is Cc1nc(S(C)(=O)=O)nc(C)c1C(=O)NC(CC1CC1)C1CCC(S(=O)(=O)CC2CC2)CC1. The van der Waals surface area contributed by atoms with Crippen molar-refractivity contribution in [2.45, 2.75) is 88.1 Å². The average Bonchev–Trinajstić information content (AvgIpc) is 3.63. The summed E-state index contributed by atoms with van der Waals surface area (Å²) in [5.74, 6) is 1.29. The van der Waals surface area contributed by atoms with E-state index >= 15 is 0 Å². The van der Waals surface area contributed by atoms with Gasteiger partial charge in [0.2, 0.25) is 15.0 Å². The Balaban J connectivity index is 1.45. The molecule has 184 valence electrons. The maximum absolute atomic E-state index is 13.2. The van der Waals surface area contributed by atoms with E-state index in [1.54, 1.807) is 13.8 Å². The first kappa shape index (κ1) is 24.6. The van der Waals surface area contributed by atoms with Crippen LogP contribution in [0.5, 0.6) is 0 Å². The van der Waals surface area contributed by atoms with Crippen molar-refractivity contribution < 1.29 is 21.6 Å². The Kier molecular flexibility index (Phi) is 6.88.